The van der Waals surface area contributed by atoms with E-state index in [9.17, 15) is 23.1 Å². The first kappa shape index (κ1) is 24.2. The van der Waals surface area contributed by atoms with Crippen LogP contribution in [0, 0.1) is 0 Å². The highest BCUT2D eigenvalue weighted by molar-refractivity contribution is 6.16. The highest BCUT2D eigenvalue weighted by Crippen LogP contribution is 2.44. The molecule has 0 fully saturated rings. The normalized spacial score (nSPS) is 15.2. The molecule has 7 heteroatoms. The summed E-state index contributed by atoms with van der Waals surface area (Å²) in [5.74, 6) is -0.390. The molecule has 196 valence electrons. The van der Waals surface area contributed by atoms with Crippen LogP contribution in [0.4, 0.5) is 18.9 Å². The lowest BCUT2D eigenvalue weighted by atomic mass is 10.0. The molecule has 40 heavy (non-hydrogen) atoms. The molecule has 0 spiro atoms. The van der Waals surface area contributed by atoms with Gasteiger partial charge < -0.3 is 9.67 Å². The number of amides is 1. The zero-order valence-electron chi connectivity index (χ0n) is 20.9. The number of aliphatic hydroxyl groups excluding tert-OH is 1. The molecule has 1 unspecified atom stereocenters. The molecule has 1 amide bonds. The minimum absolute atomic E-state index is 0.306. The van der Waals surface area contributed by atoms with Crippen molar-refractivity contribution < 1.29 is 23.1 Å². The molecule has 6 aromatic rings. The molecule has 1 aliphatic heterocycles. The summed E-state index contributed by atoms with van der Waals surface area (Å²) in [6.45, 7) is 0. The van der Waals surface area contributed by atoms with Crippen LogP contribution >= 0.6 is 0 Å². The van der Waals surface area contributed by atoms with Gasteiger partial charge in [-0.3, -0.25) is 9.69 Å². The van der Waals surface area contributed by atoms with Crippen molar-refractivity contribution in [3.8, 4) is 16.8 Å². The second-order valence-electron chi connectivity index (χ2n) is 9.76. The Morgan fingerprint density at radius 1 is 0.675 bits per heavy atom. The van der Waals surface area contributed by atoms with E-state index < -0.39 is 18.0 Å². The van der Waals surface area contributed by atoms with Gasteiger partial charge in [-0.1, -0.05) is 78.9 Å². The zero-order chi connectivity index (χ0) is 27.6. The maximum Gasteiger partial charge on any atom is 0.416 e. The molecule has 5 aromatic carbocycles. The van der Waals surface area contributed by atoms with Crippen molar-refractivity contribution in [2.75, 3.05) is 4.90 Å². The molecule has 0 saturated heterocycles. The van der Waals surface area contributed by atoms with Crippen LogP contribution in [-0.2, 0) is 6.18 Å². The third kappa shape index (κ3) is 3.55. The lowest BCUT2D eigenvalue weighted by molar-refractivity contribution is -0.137. The Labute approximate surface area is 227 Å². The molecular weight excluding hydrogens is 513 g/mol. The standard InChI is InChI=1S/C33H21F3N2O2/c34-33(35,36)21-17-18-28-25(19-21)23-12-5-7-15-27(23)37(28)29-16-8-13-24-30(29)32(40)38(31(24)39)26-14-6-4-11-22(26)20-9-2-1-3-10-20/h1-19,31,39H. The van der Waals surface area contributed by atoms with E-state index in [1.807, 2.05) is 60.7 Å². The van der Waals surface area contributed by atoms with Crippen LogP contribution in [0.2, 0.25) is 0 Å². The Morgan fingerprint density at radius 3 is 2.15 bits per heavy atom. The molecule has 7 rings (SSSR count). The highest BCUT2D eigenvalue weighted by Gasteiger charge is 2.40. The predicted molar refractivity (Wildman–Crippen MR) is 149 cm³/mol. The summed E-state index contributed by atoms with van der Waals surface area (Å²) in [4.78, 5) is 15.5. The number of halogens is 3. The SMILES string of the molecule is O=C1c2c(cccc2-n2c3ccccc3c3cc(C(F)(F)F)ccc32)C(O)N1c1ccccc1-c1ccccc1. The quantitative estimate of drug-likeness (QED) is 0.249. The van der Waals surface area contributed by atoms with Crippen molar-refractivity contribution in [2.24, 2.45) is 0 Å². The van der Waals surface area contributed by atoms with Gasteiger partial charge in [-0.05, 0) is 42.0 Å². The Bertz CT molecular complexity index is 1940. The summed E-state index contributed by atoms with van der Waals surface area (Å²) < 4.78 is 42.6. The molecule has 2 heterocycles. The van der Waals surface area contributed by atoms with Gasteiger partial charge in [0.25, 0.3) is 5.91 Å². The fourth-order valence-corrected chi connectivity index (χ4v) is 5.76. The Hall–Kier alpha value is -4.88. The Morgan fingerprint density at radius 2 is 1.35 bits per heavy atom. The number of fused-ring (bicyclic) bond motifs is 4. The fraction of sp³-hybridized carbons (Fsp3) is 0.0606. The average molecular weight is 535 g/mol. The number of anilines is 1. The second kappa shape index (κ2) is 8.83. The van der Waals surface area contributed by atoms with Gasteiger partial charge in [0.15, 0.2) is 6.23 Å². The van der Waals surface area contributed by atoms with Crippen molar-refractivity contribution in [1.29, 1.82) is 0 Å². The van der Waals surface area contributed by atoms with E-state index in [1.165, 1.54) is 11.0 Å². The van der Waals surface area contributed by atoms with Crippen LogP contribution in [0.3, 0.4) is 0 Å². The van der Waals surface area contributed by atoms with Gasteiger partial charge in [-0.2, -0.15) is 13.2 Å². The van der Waals surface area contributed by atoms with E-state index in [0.717, 1.165) is 23.3 Å². The number of nitrogens with zero attached hydrogens (tertiary/aromatic N) is 2. The number of benzene rings is 5. The van der Waals surface area contributed by atoms with Gasteiger partial charge in [0.05, 0.1) is 33.5 Å². The summed E-state index contributed by atoms with van der Waals surface area (Å²) >= 11 is 0. The first-order valence-corrected chi connectivity index (χ1v) is 12.7. The largest absolute Gasteiger partial charge is 0.416 e. The monoisotopic (exact) mass is 534 g/mol. The van der Waals surface area contributed by atoms with E-state index in [0.29, 0.717) is 44.3 Å². The molecular formula is C33H21F3N2O2. The molecule has 1 atom stereocenters. The summed E-state index contributed by atoms with van der Waals surface area (Å²) in [5.41, 5.74) is 3.94. The lowest BCUT2D eigenvalue weighted by Crippen LogP contribution is -2.28. The third-order valence-electron chi connectivity index (χ3n) is 7.52. The highest BCUT2D eigenvalue weighted by atomic mass is 19.4. The average Bonchev–Trinajstić information content (AvgIpc) is 3.44. The van der Waals surface area contributed by atoms with Gasteiger partial charge in [0.1, 0.15) is 0 Å². The van der Waals surface area contributed by atoms with Crippen molar-refractivity contribution in [2.45, 2.75) is 12.4 Å². The van der Waals surface area contributed by atoms with E-state index >= 15 is 0 Å². The van der Waals surface area contributed by atoms with Crippen LogP contribution in [0.5, 0.6) is 0 Å². The minimum atomic E-state index is -4.49. The first-order valence-electron chi connectivity index (χ1n) is 12.7. The maximum absolute atomic E-state index is 14.2. The number of hydrogen-bond donors (Lipinski definition) is 1. The zero-order valence-corrected chi connectivity index (χ0v) is 20.9. The number of alkyl halides is 3. The summed E-state index contributed by atoms with van der Waals surface area (Å²) in [6.07, 6.45) is -5.73. The number of aliphatic hydroxyl groups is 1. The first-order chi connectivity index (χ1) is 19.3. The number of para-hydroxylation sites is 2. The van der Waals surface area contributed by atoms with Crippen molar-refractivity contribution >= 4 is 33.4 Å². The number of carbonyl (C=O) groups excluding carboxylic acids is 1. The molecule has 4 nitrogen and oxygen atoms in total. The van der Waals surface area contributed by atoms with Gasteiger partial charge in [-0.15, -0.1) is 0 Å². The molecule has 0 bridgehead atoms. The van der Waals surface area contributed by atoms with Crippen molar-refractivity contribution in [3.63, 3.8) is 0 Å². The van der Waals surface area contributed by atoms with Gasteiger partial charge in [0, 0.05) is 21.9 Å². The Kier molecular flexibility index (Phi) is 5.34. The smallest absolute Gasteiger partial charge is 0.369 e. The number of carbonyl (C=O) groups is 1. The number of hydrogen-bond acceptors (Lipinski definition) is 2. The van der Waals surface area contributed by atoms with E-state index in [1.54, 1.807) is 41.0 Å². The minimum Gasteiger partial charge on any atom is -0.369 e. The molecule has 0 radical (unpaired) electrons. The second-order valence-corrected chi connectivity index (χ2v) is 9.76. The summed E-state index contributed by atoms with van der Waals surface area (Å²) in [5, 5.41) is 12.5. The molecule has 0 saturated carbocycles. The van der Waals surface area contributed by atoms with E-state index in [4.69, 9.17) is 0 Å². The summed E-state index contributed by atoms with van der Waals surface area (Å²) in [7, 11) is 0. The third-order valence-corrected chi connectivity index (χ3v) is 7.52. The topological polar surface area (TPSA) is 45.5 Å². The fourth-order valence-electron chi connectivity index (χ4n) is 5.76. The van der Waals surface area contributed by atoms with Gasteiger partial charge >= 0.3 is 6.18 Å². The summed E-state index contributed by atoms with van der Waals surface area (Å²) in [6, 6.07) is 33.1. The Balaban J connectivity index is 1.45. The van der Waals surface area contributed by atoms with Crippen LogP contribution < -0.4 is 4.90 Å². The van der Waals surface area contributed by atoms with Crippen LogP contribution in [0.15, 0.2) is 115 Å². The van der Waals surface area contributed by atoms with Crippen molar-refractivity contribution in [3.05, 3.63) is 132 Å². The van der Waals surface area contributed by atoms with Crippen LogP contribution in [0.25, 0.3) is 38.6 Å². The lowest BCUT2D eigenvalue weighted by Gasteiger charge is -2.24. The number of aromatic nitrogens is 1. The maximum atomic E-state index is 14.2. The van der Waals surface area contributed by atoms with Gasteiger partial charge in [-0.25, -0.2) is 0 Å². The van der Waals surface area contributed by atoms with E-state index in [-0.39, 0.29) is 5.91 Å². The van der Waals surface area contributed by atoms with Crippen LogP contribution in [0.1, 0.15) is 27.7 Å². The molecule has 0 aliphatic carbocycles. The molecule has 1 aromatic heterocycles. The van der Waals surface area contributed by atoms with Crippen LogP contribution in [-0.4, -0.2) is 15.6 Å². The van der Waals surface area contributed by atoms with Gasteiger partial charge in [0.2, 0.25) is 0 Å². The predicted octanol–water partition coefficient (Wildman–Crippen LogP) is 8.12. The molecule has 1 N–H and O–H groups in total. The van der Waals surface area contributed by atoms with Crippen molar-refractivity contribution in [1.82, 2.24) is 4.57 Å². The molecule has 1 aliphatic rings. The number of rotatable bonds is 3. The van der Waals surface area contributed by atoms with E-state index in [2.05, 4.69) is 0 Å².